The Labute approximate surface area is 185 Å². The molecule has 0 radical (unpaired) electrons. The summed E-state index contributed by atoms with van der Waals surface area (Å²) < 4.78 is 0. The van der Waals surface area contributed by atoms with Crippen molar-refractivity contribution in [2.45, 2.75) is 64.2 Å². The van der Waals surface area contributed by atoms with Gasteiger partial charge in [-0.05, 0) is 73.9 Å². The van der Waals surface area contributed by atoms with Crippen LogP contribution in [0.5, 0.6) is 0 Å². The van der Waals surface area contributed by atoms with E-state index >= 15 is 0 Å². The van der Waals surface area contributed by atoms with E-state index in [-0.39, 0.29) is 10.3 Å². The van der Waals surface area contributed by atoms with E-state index in [0.29, 0.717) is 0 Å². The van der Waals surface area contributed by atoms with E-state index in [9.17, 15) is 0 Å². The largest absolute Gasteiger partial charge is 0.257 e. The quantitative estimate of drug-likeness (QED) is 0.403. The normalized spacial score (nSPS) is 14.3. The molecule has 30 heavy (non-hydrogen) atoms. The van der Waals surface area contributed by atoms with Crippen LogP contribution in [0, 0.1) is 0 Å². The molecule has 4 heteroatoms. The summed E-state index contributed by atoms with van der Waals surface area (Å²) in [6.45, 7) is 14.1. The van der Waals surface area contributed by atoms with Crippen molar-refractivity contribution in [2.75, 3.05) is 0 Å². The zero-order valence-electron chi connectivity index (χ0n) is 19.1. The molecule has 1 aromatic carbocycles. The van der Waals surface area contributed by atoms with E-state index < -0.39 is 15.8 Å². The highest BCUT2D eigenvalue weighted by Crippen LogP contribution is 2.54. The van der Waals surface area contributed by atoms with Crippen molar-refractivity contribution < 1.29 is 0 Å². The van der Waals surface area contributed by atoms with Gasteiger partial charge in [-0.1, -0.05) is 77.9 Å². The van der Waals surface area contributed by atoms with Crippen LogP contribution >= 0.6 is 15.8 Å². The fraction of sp³-hybridized carbons (Fsp3) is 0.385. The third kappa shape index (κ3) is 5.96. The van der Waals surface area contributed by atoms with Crippen molar-refractivity contribution in [3.05, 3.63) is 84.2 Å². The highest BCUT2D eigenvalue weighted by atomic mass is 31.1. The number of aromatic nitrogens is 2. The van der Waals surface area contributed by atoms with Crippen LogP contribution in [0.4, 0.5) is 0 Å². The van der Waals surface area contributed by atoms with E-state index in [4.69, 9.17) is 9.97 Å². The maximum Gasteiger partial charge on any atom is 0.0639 e. The minimum absolute atomic E-state index is 0.201. The number of hydrogen-bond donors (Lipinski definition) is 0. The molecular formula is C26H34N2P2. The standard InChI is InChI=1S/C26H34N2P2/c1-25(2,3)29(23-15-9-11-17-27-23)19-21-13-7-8-14-22(21)20-30(26(4,5)6)24-16-10-12-18-28-24/h7-18H,19-20H2,1-6H3. The molecule has 158 valence electrons. The molecule has 0 bridgehead atoms. The van der Waals surface area contributed by atoms with E-state index in [1.54, 1.807) is 0 Å². The van der Waals surface area contributed by atoms with Crippen molar-refractivity contribution in [3.63, 3.8) is 0 Å². The van der Waals surface area contributed by atoms with Gasteiger partial charge in [-0.3, -0.25) is 9.97 Å². The fourth-order valence-electron chi connectivity index (χ4n) is 3.56. The topological polar surface area (TPSA) is 25.8 Å². The van der Waals surface area contributed by atoms with Gasteiger partial charge in [-0.25, -0.2) is 0 Å². The summed E-state index contributed by atoms with van der Waals surface area (Å²) in [5, 5.41) is 0.402. The van der Waals surface area contributed by atoms with Crippen LogP contribution in [0.2, 0.25) is 0 Å². The molecule has 0 spiro atoms. The summed E-state index contributed by atoms with van der Waals surface area (Å²) >= 11 is 0. The molecule has 0 amide bonds. The summed E-state index contributed by atoms with van der Waals surface area (Å²) in [6, 6.07) is 21.7. The lowest BCUT2D eigenvalue weighted by Gasteiger charge is -2.33. The average Bonchev–Trinajstić information content (AvgIpc) is 2.70. The molecule has 2 unspecified atom stereocenters. The summed E-state index contributed by atoms with van der Waals surface area (Å²) in [7, 11) is -0.832. The molecule has 3 aromatic rings. The lowest BCUT2D eigenvalue weighted by molar-refractivity contribution is 0.782. The number of benzene rings is 1. The predicted octanol–water partition coefficient (Wildman–Crippen LogP) is 6.69. The van der Waals surface area contributed by atoms with Gasteiger partial charge in [-0.2, -0.15) is 0 Å². The Bertz CT molecular complexity index is 850. The summed E-state index contributed by atoms with van der Waals surface area (Å²) in [6.07, 6.45) is 6.01. The molecule has 0 aliphatic rings. The fourth-order valence-corrected chi connectivity index (χ4v) is 8.45. The molecule has 0 saturated heterocycles. The maximum atomic E-state index is 4.74. The molecule has 2 heterocycles. The molecule has 3 rings (SSSR count). The van der Waals surface area contributed by atoms with Crippen molar-refractivity contribution >= 4 is 26.7 Å². The van der Waals surface area contributed by atoms with Crippen LogP contribution in [-0.2, 0) is 12.3 Å². The van der Waals surface area contributed by atoms with Gasteiger partial charge in [0.2, 0.25) is 0 Å². The van der Waals surface area contributed by atoms with Gasteiger partial charge < -0.3 is 0 Å². The van der Waals surface area contributed by atoms with Gasteiger partial charge in [-0.15, -0.1) is 0 Å². The summed E-state index contributed by atoms with van der Waals surface area (Å²) in [4.78, 5) is 9.48. The third-order valence-electron chi connectivity index (χ3n) is 5.25. The van der Waals surface area contributed by atoms with Gasteiger partial charge in [0.1, 0.15) is 0 Å². The Morgan fingerprint density at radius 3 is 1.23 bits per heavy atom. The molecule has 2 atom stereocenters. The molecule has 0 aliphatic heterocycles. The lowest BCUT2D eigenvalue weighted by atomic mass is 10.1. The predicted molar refractivity (Wildman–Crippen MR) is 135 cm³/mol. The molecule has 0 aliphatic carbocycles. The Morgan fingerprint density at radius 1 is 0.567 bits per heavy atom. The van der Waals surface area contributed by atoms with Crippen LogP contribution in [0.1, 0.15) is 52.7 Å². The minimum Gasteiger partial charge on any atom is -0.257 e. The first-order chi connectivity index (χ1) is 14.2. The zero-order chi connectivity index (χ0) is 21.8. The second-order valence-electron chi connectivity index (χ2n) is 9.66. The number of nitrogens with zero attached hydrogens (tertiary/aromatic N) is 2. The van der Waals surface area contributed by atoms with E-state index in [1.807, 2.05) is 24.5 Å². The monoisotopic (exact) mass is 436 g/mol. The van der Waals surface area contributed by atoms with Crippen molar-refractivity contribution in [2.24, 2.45) is 0 Å². The summed E-state index contributed by atoms with van der Waals surface area (Å²) in [5.74, 6) is 0. The smallest absolute Gasteiger partial charge is 0.0639 e. The second-order valence-corrected chi connectivity index (χ2v) is 15.6. The molecular weight excluding hydrogens is 402 g/mol. The zero-order valence-corrected chi connectivity index (χ0v) is 20.9. The van der Waals surface area contributed by atoms with Crippen LogP contribution in [0.15, 0.2) is 73.1 Å². The van der Waals surface area contributed by atoms with Gasteiger partial charge in [0.05, 0.1) is 10.9 Å². The van der Waals surface area contributed by atoms with Crippen LogP contribution in [0.25, 0.3) is 0 Å². The first-order valence-electron chi connectivity index (χ1n) is 10.6. The van der Waals surface area contributed by atoms with Crippen molar-refractivity contribution in [1.29, 1.82) is 0 Å². The summed E-state index contributed by atoms with van der Waals surface area (Å²) in [5.41, 5.74) is 5.43. The number of hydrogen-bond acceptors (Lipinski definition) is 2. The van der Waals surface area contributed by atoms with Gasteiger partial charge in [0, 0.05) is 12.4 Å². The Kier molecular flexibility index (Phi) is 7.43. The molecule has 2 nitrogen and oxygen atoms in total. The Hall–Kier alpha value is -1.62. The second kappa shape index (κ2) is 9.67. The van der Waals surface area contributed by atoms with Crippen LogP contribution < -0.4 is 10.9 Å². The third-order valence-corrected chi connectivity index (χ3v) is 11.4. The van der Waals surface area contributed by atoms with Crippen molar-refractivity contribution in [3.8, 4) is 0 Å². The highest BCUT2D eigenvalue weighted by Gasteiger charge is 2.30. The number of rotatable bonds is 6. The first-order valence-corrected chi connectivity index (χ1v) is 13.7. The first kappa shape index (κ1) is 23.1. The molecule has 0 saturated carbocycles. The van der Waals surface area contributed by atoms with E-state index in [2.05, 4.69) is 90.1 Å². The van der Waals surface area contributed by atoms with Crippen LogP contribution in [-0.4, -0.2) is 20.3 Å². The Morgan fingerprint density at radius 2 is 0.933 bits per heavy atom. The lowest BCUT2D eigenvalue weighted by Crippen LogP contribution is -2.24. The van der Waals surface area contributed by atoms with E-state index in [1.165, 1.54) is 22.0 Å². The molecule has 0 fully saturated rings. The van der Waals surface area contributed by atoms with Gasteiger partial charge in [0.25, 0.3) is 0 Å². The SMILES string of the molecule is CC(C)(C)P(Cc1ccccc1CP(c1ccccn1)C(C)(C)C)c1ccccn1. The van der Waals surface area contributed by atoms with Gasteiger partial charge in [0.15, 0.2) is 0 Å². The highest BCUT2D eigenvalue weighted by molar-refractivity contribution is 7.66. The van der Waals surface area contributed by atoms with Crippen molar-refractivity contribution in [1.82, 2.24) is 9.97 Å². The van der Waals surface area contributed by atoms with Gasteiger partial charge >= 0.3 is 0 Å². The van der Waals surface area contributed by atoms with E-state index in [0.717, 1.165) is 12.3 Å². The number of pyridine rings is 2. The molecule has 2 aromatic heterocycles. The average molecular weight is 437 g/mol. The minimum atomic E-state index is -0.416. The Balaban J connectivity index is 1.95. The maximum absolute atomic E-state index is 4.74. The molecule has 0 N–H and O–H groups in total. The van der Waals surface area contributed by atoms with Crippen LogP contribution in [0.3, 0.4) is 0 Å².